The second kappa shape index (κ2) is 7.71. The minimum Gasteiger partial charge on any atom is -0.355 e. The number of hydrogen-bond donors (Lipinski definition) is 1. The molecule has 1 aromatic heterocycles. The molecule has 1 aliphatic carbocycles. The number of amides is 1. The highest BCUT2D eigenvalue weighted by Gasteiger charge is 2.36. The molecule has 0 radical (unpaired) electrons. The number of anilines is 1. The Balaban J connectivity index is 1.29. The van der Waals surface area contributed by atoms with Crippen molar-refractivity contribution in [3.63, 3.8) is 0 Å². The van der Waals surface area contributed by atoms with E-state index < -0.39 is 11.7 Å². The molecule has 9 heteroatoms. The Hall–Kier alpha value is -1.54. The van der Waals surface area contributed by atoms with Gasteiger partial charge in [0.2, 0.25) is 5.91 Å². The SMILES string of the molecule is O=C(NC1CCN(C2CC2)C1)C1CCN(c2ncc(C(F)(F)F)cc2Cl)CC1. The Bertz CT molecular complexity index is 732. The van der Waals surface area contributed by atoms with Gasteiger partial charge >= 0.3 is 6.18 Å². The Kier molecular flexibility index (Phi) is 5.44. The maximum absolute atomic E-state index is 12.8. The second-order valence-corrected chi connectivity index (χ2v) is 8.42. The van der Waals surface area contributed by atoms with E-state index in [9.17, 15) is 18.0 Å². The van der Waals surface area contributed by atoms with Crippen LogP contribution in [0.1, 0.15) is 37.7 Å². The molecule has 0 aromatic carbocycles. The van der Waals surface area contributed by atoms with Crippen molar-refractivity contribution >= 4 is 23.3 Å². The van der Waals surface area contributed by atoms with Crippen molar-refractivity contribution in [3.8, 4) is 0 Å². The zero-order valence-corrected chi connectivity index (χ0v) is 16.3. The molecule has 1 N–H and O–H groups in total. The van der Waals surface area contributed by atoms with Crippen molar-refractivity contribution in [1.82, 2.24) is 15.2 Å². The van der Waals surface area contributed by atoms with Gasteiger partial charge in [0.1, 0.15) is 5.82 Å². The molecular weight excluding hydrogens is 393 g/mol. The number of halogens is 4. The van der Waals surface area contributed by atoms with Crippen LogP contribution in [0.3, 0.4) is 0 Å². The fourth-order valence-corrected chi connectivity index (χ4v) is 4.45. The molecule has 28 heavy (non-hydrogen) atoms. The number of pyridine rings is 1. The molecule has 154 valence electrons. The minimum atomic E-state index is -4.46. The van der Waals surface area contributed by atoms with Crippen LogP contribution in [-0.2, 0) is 11.0 Å². The van der Waals surface area contributed by atoms with Gasteiger partial charge < -0.3 is 10.2 Å². The molecule has 2 saturated heterocycles. The predicted molar refractivity (Wildman–Crippen MR) is 100 cm³/mol. The zero-order valence-electron chi connectivity index (χ0n) is 15.5. The third-order valence-electron chi connectivity index (χ3n) is 5.94. The molecule has 3 heterocycles. The Morgan fingerprint density at radius 2 is 1.86 bits per heavy atom. The van der Waals surface area contributed by atoms with E-state index in [2.05, 4.69) is 15.2 Å². The summed E-state index contributed by atoms with van der Waals surface area (Å²) in [5.74, 6) is 0.373. The van der Waals surface area contributed by atoms with Gasteiger partial charge in [-0.3, -0.25) is 9.69 Å². The van der Waals surface area contributed by atoms with E-state index in [1.807, 2.05) is 4.90 Å². The number of piperidine rings is 1. The first-order chi connectivity index (χ1) is 13.3. The summed E-state index contributed by atoms with van der Waals surface area (Å²) < 4.78 is 38.3. The normalized spacial score (nSPS) is 24.6. The largest absolute Gasteiger partial charge is 0.417 e. The third kappa shape index (κ3) is 4.38. The van der Waals surface area contributed by atoms with Crippen LogP contribution < -0.4 is 10.2 Å². The summed E-state index contributed by atoms with van der Waals surface area (Å²) in [7, 11) is 0. The van der Waals surface area contributed by atoms with Gasteiger partial charge in [-0.1, -0.05) is 11.6 Å². The van der Waals surface area contributed by atoms with Crippen LogP contribution >= 0.6 is 11.6 Å². The lowest BCUT2D eigenvalue weighted by molar-refractivity contribution is -0.137. The fourth-order valence-electron chi connectivity index (χ4n) is 4.17. The number of aromatic nitrogens is 1. The third-order valence-corrected chi connectivity index (χ3v) is 6.22. The molecule has 0 spiro atoms. The van der Waals surface area contributed by atoms with E-state index in [0.717, 1.165) is 37.8 Å². The first-order valence-electron chi connectivity index (χ1n) is 9.83. The molecule has 1 atom stereocenters. The minimum absolute atomic E-state index is 0.0103. The molecule has 3 fully saturated rings. The average Bonchev–Trinajstić information content (AvgIpc) is 3.40. The van der Waals surface area contributed by atoms with Gasteiger partial charge in [-0.15, -0.1) is 0 Å². The molecule has 1 unspecified atom stereocenters. The number of nitrogens with one attached hydrogen (secondary N) is 1. The van der Waals surface area contributed by atoms with Crippen molar-refractivity contribution in [3.05, 3.63) is 22.8 Å². The van der Waals surface area contributed by atoms with E-state index in [1.54, 1.807) is 0 Å². The topological polar surface area (TPSA) is 48.5 Å². The van der Waals surface area contributed by atoms with E-state index in [4.69, 9.17) is 11.6 Å². The standard InChI is InChI=1S/C19H24ClF3N4O/c20-16-9-13(19(21,22)23)10-24-17(16)26-6-3-12(4-7-26)18(28)25-14-5-8-27(11-14)15-1-2-15/h9-10,12,14-15H,1-8,11H2,(H,25,28). The number of carbonyl (C=O) groups is 1. The van der Waals surface area contributed by atoms with Gasteiger partial charge in [-0.2, -0.15) is 13.2 Å². The fraction of sp³-hybridized carbons (Fsp3) is 0.684. The van der Waals surface area contributed by atoms with Gasteiger partial charge in [0, 0.05) is 50.4 Å². The van der Waals surface area contributed by atoms with Crippen LogP contribution in [0.4, 0.5) is 19.0 Å². The molecular formula is C19H24ClF3N4O. The summed E-state index contributed by atoms with van der Waals surface area (Å²) in [5.41, 5.74) is -0.854. The van der Waals surface area contributed by atoms with Crippen LogP contribution in [0.15, 0.2) is 12.3 Å². The predicted octanol–water partition coefficient (Wildman–Crippen LogP) is 3.32. The van der Waals surface area contributed by atoms with Crippen LogP contribution in [0.5, 0.6) is 0 Å². The van der Waals surface area contributed by atoms with Crippen molar-refractivity contribution in [2.75, 3.05) is 31.1 Å². The molecule has 0 bridgehead atoms. The number of hydrogen-bond acceptors (Lipinski definition) is 4. The van der Waals surface area contributed by atoms with Crippen LogP contribution in [0.2, 0.25) is 5.02 Å². The van der Waals surface area contributed by atoms with Gasteiger partial charge in [0.15, 0.2) is 0 Å². The van der Waals surface area contributed by atoms with Gasteiger partial charge in [0.05, 0.1) is 10.6 Å². The number of nitrogens with zero attached hydrogens (tertiary/aromatic N) is 3. The average molecular weight is 417 g/mol. The molecule has 1 aromatic rings. The highest BCUT2D eigenvalue weighted by Crippen LogP contribution is 2.35. The van der Waals surface area contributed by atoms with E-state index in [-0.39, 0.29) is 22.9 Å². The van der Waals surface area contributed by atoms with E-state index in [0.29, 0.717) is 31.7 Å². The molecule has 1 amide bonds. The number of likely N-dealkylation sites (tertiary alicyclic amines) is 1. The first kappa shape index (κ1) is 19.8. The zero-order chi connectivity index (χ0) is 19.9. The number of carbonyl (C=O) groups excluding carboxylic acids is 1. The van der Waals surface area contributed by atoms with Gasteiger partial charge in [-0.25, -0.2) is 4.98 Å². The van der Waals surface area contributed by atoms with Gasteiger partial charge in [-0.05, 0) is 38.2 Å². The molecule has 3 aliphatic rings. The Morgan fingerprint density at radius 3 is 2.46 bits per heavy atom. The van der Waals surface area contributed by atoms with E-state index in [1.165, 1.54) is 12.8 Å². The second-order valence-electron chi connectivity index (χ2n) is 8.01. The van der Waals surface area contributed by atoms with Crippen molar-refractivity contribution < 1.29 is 18.0 Å². The van der Waals surface area contributed by atoms with Crippen LogP contribution in [-0.4, -0.2) is 54.1 Å². The molecule has 1 saturated carbocycles. The first-order valence-corrected chi connectivity index (χ1v) is 10.2. The van der Waals surface area contributed by atoms with Crippen molar-refractivity contribution in [1.29, 1.82) is 0 Å². The monoisotopic (exact) mass is 416 g/mol. The van der Waals surface area contributed by atoms with Gasteiger partial charge in [0.25, 0.3) is 0 Å². The summed E-state index contributed by atoms with van der Waals surface area (Å²) in [4.78, 5) is 20.8. The summed E-state index contributed by atoms with van der Waals surface area (Å²) in [6, 6.07) is 1.87. The highest BCUT2D eigenvalue weighted by molar-refractivity contribution is 6.33. The quantitative estimate of drug-likeness (QED) is 0.818. The summed E-state index contributed by atoms with van der Waals surface area (Å²) in [6.07, 6.45) is 1.20. The number of alkyl halides is 3. The Labute approximate surface area is 167 Å². The molecule has 2 aliphatic heterocycles. The lowest BCUT2D eigenvalue weighted by Crippen LogP contribution is -2.45. The maximum Gasteiger partial charge on any atom is 0.417 e. The lowest BCUT2D eigenvalue weighted by Gasteiger charge is -2.33. The molecule has 4 rings (SSSR count). The Morgan fingerprint density at radius 1 is 1.14 bits per heavy atom. The molecule has 5 nitrogen and oxygen atoms in total. The van der Waals surface area contributed by atoms with Crippen molar-refractivity contribution in [2.45, 2.75) is 50.4 Å². The van der Waals surface area contributed by atoms with Crippen LogP contribution in [0, 0.1) is 5.92 Å². The summed E-state index contributed by atoms with van der Waals surface area (Å²) >= 11 is 6.04. The lowest BCUT2D eigenvalue weighted by atomic mass is 9.95. The summed E-state index contributed by atoms with van der Waals surface area (Å²) in [6.45, 7) is 3.11. The summed E-state index contributed by atoms with van der Waals surface area (Å²) in [5, 5.41) is 3.18. The highest BCUT2D eigenvalue weighted by atomic mass is 35.5. The van der Waals surface area contributed by atoms with Crippen molar-refractivity contribution in [2.24, 2.45) is 5.92 Å². The van der Waals surface area contributed by atoms with E-state index >= 15 is 0 Å². The van der Waals surface area contributed by atoms with Crippen LogP contribution in [0.25, 0.3) is 0 Å². The number of rotatable bonds is 4. The smallest absolute Gasteiger partial charge is 0.355 e. The maximum atomic E-state index is 12.8.